The highest BCUT2D eigenvalue weighted by atomic mass is 16.6. The maximum Gasteiger partial charge on any atom is 0.150 e. The van der Waals surface area contributed by atoms with Gasteiger partial charge in [-0.2, -0.15) is 0 Å². The molecular formula is C16H15NO2. The SMILES string of the molecule is CO/N=C(\c1ccc(C)cc1)c1ccc(C=O)cc1. The van der Waals surface area contributed by atoms with E-state index in [4.69, 9.17) is 4.84 Å². The summed E-state index contributed by atoms with van der Waals surface area (Å²) in [7, 11) is 1.52. The average molecular weight is 253 g/mol. The normalized spacial score (nSPS) is 11.2. The molecule has 0 aliphatic heterocycles. The van der Waals surface area contributed by atoms with Gasteiger partial charge in [0.15, 0.2) is 0 Å². The molecule has 0 aliphatic rings. The van der Waals surface area contributed by atoms with Crippen LogP contribution in [0.5, 0.6) is 0 Å². The van der Waals surface area contributed by atoms with Crippen LogP contribution in [0.25, 0.3) is 0 Å². The molecule has 0 spiro atoms. The second-order valence-electron chi connectivity index (χ2n) is 4.23. The van der Waals surface area contributed by atoms with Gasteiger partial charge >= 0.3 is 0 Å². The van der Waals surface area contributed by atoms with Crippen LogP contribution in [0.15, 0.2) is 53.7 Å². The van der Waals surface area contributed by atoms with Crippen LogP contribution in [-0.2, 0) is 4.84 Å². The zero-order valence-corrected chi connectivity index (χ0v) is 11.0. The highest BCUT2D eigenvalue weighted by Gasteiger charge is 2.07. The van der Waals surface area contributed by atoms with Crippen LogP contribution < -0.4 is 0 Å². The first-order chi connectivity index (χ1) is 9.24. The first-order valence-electron chi connectivity index (χ1n) is 5.98. The van der Waals surface area contributed by atoms with Gasteiger partial charge in [0.25, 0.3) is 0 Å². The van der Waals surface area contributed by atoms with Gasteiger partial charge in [-0.05, 0) is 6.92 Å². The van der Waals surface area contributed by atoms with E-state index in [0.29, 0.717) is 5.56 Å². The topological polar surface area (TPSA) is 38.7 Å². The van der Waals surface area contributed by atoms with Crippen LogP contribution >= 0.6 is 0 Å². The molecular weight excluding hydrogens is 238 g/mol. The smallest absolute Gasteiger partial charge is 0.150 e. The molecule has 3 heteroatoms. The number of rotatable bonds is 4. The number of carbonyl (C=O) groups excluding carboxylic acids is 1. The summed E-state index contributed by atoms with van der Waals surface area (Å²) in [4.78, 5) is 15.6. The summed E-state index contributed by atoms with van der Waals surface area (Å²) < 4.78 is 0. The molecule has 3 nitrogen and oxygen atoms in total. The fraction of sp³-hybridized carbons (Fsp3) is 0.125. The monoisotopic (exact) mass is 253 g/mol. The Bertz CT molecular complexity index is 583. The molecule has 2 aromatic carbocycles. The maximum atomic E-state index is 10.7. The molecule has 0 bridgehead atoms. The van der Waals surface area contributed by atoms with Gasteiger partial charge in [0.1, 0.15) is 19.1 Å². The van der Waals surface area contributed by atoms with Crippen molar-refractivity contribution in [3.8, 4) is 0 Å². The third kappa shape index (κ3) is 3.07. The van der Waals surface area contributed by atoms with E-state index in [1.807, 2.05) is 43.3 Å². The van der Waals surface area contributed by atoms with Gasteiger partial charge in [-0.15, -0.1) is 0 Å². The Morgan fingerprint density at radius 2 is 1.53 bits per heavy atom. The average Bonchev–Trinajstić information content (AvgIpc) is 2.46. The van der Waals surface area contributed by atoms with E-state index < -0.39 is 0 Å². The Morgan fingerprint density at radius 3 is 2.00 bits per heavy atom. The number of nitrogens with zero attached hydrogens (tertiary/aromatic N) is 1. The van der Waals surface area contributed by atoms with Crippen LogP contribution in [0.3, 0.4) is 0 Å². The molecule has 0 heterocycles. The first kappa shape index (κ1) is 13.0. The molecule has 0 aliphatic carbocycles. The number of oxime groups is 1. The van der Waals surface area contributed by atoms with E-state index >= 15 is 0 Å². The minimum atomic E-state index is 0.643. The predicted molar refractivity (Wildman–Crippen MR) is 75.7 cm³/mol. The van der Waals surface area contributed by atoms with Crippen molar-refractivity contribution in [2.45, 2.75) is 6.92 Å². The zero-order valence-electron chi connectivity index (χ0n) is 11.0. The quantitative estimate of drug-likeness (QED) is 0.477. The molecule has 0 fully saturated rings. The summed E-state index contributed by atoms with van der Waals surface area (Å²) >= 11 is 0. The lowest BCUT2D eigenvalue weighted by atomic mass is 10.0. The van der Waals surface area contributed by atoms with Gasteiger partial charge in [-0.25, -0.2) is 0 Å². The molecule has 0 amide bonds. The van der Waals surface area contributed by atoms with Crippen molar-refractivity contribution in [1.29, 1.82) is 0 Å². The Kier molecular flexibility index (Phi) is 4.08. The number of hydrogen-bond acceptors (Lipinski definition) is 3. The Balaban J connectivity index is 2.42. The summed E-state index contributed by atoms with van der Waals surface area (Å²) in [5, 5.41) is 4.08. The van der Waals surface area contributed by atoms with Crippen molar-refractivity contribution >= 4 is 12.0 Å². The third-order valence-corrected chi connectivity index (χ3v) is 2.83. The third-order valence-electron chi connectivity index (χ3n) is 2.83. The first-order valence-corrected chi connectivity index (χ1v) is 5.98. The molecule has 0 unspecified atom stereocenters. The van der Waals surface area contributed by atoms with Crippen molar-refractivity contribution in [2.75, 3.05) is 7.11 Å². The summed E-state index contributed by atoms with van der Waals surface area (Å²) in [6.45, 7) is 2.04. The van der Waals surface area contributed by atoms with Crippen LogP contribution in [-0.4, -0.2) is 19.1 Å². The second kappa shape index (κ2) is 5.96. The molecule has 0 saturated carbocycles. The van der Waals surface area contributed by atoms with E-state index in [2.05, 4.69) is 5.16 Å². The van der Waals surface area contributed by atoms with E-state index in [9.17, 15) is 4.79 Å². The Hall–Kier alpha value is -2.42. The lowest BCUT2D eigenvalue weighted by Gasteiger charge is -2.07. The molecule has 0 saturated heterocycles. The van der Waals surface area contributed by atoms with Crippen LogP contribution in [0.1, 0.15) is 27.0 Å². The van der Waals surface area contributed by atoms with E-state index in [1.54, 1.807) is 12.1 Å². The fourth-order valence-electron chi connectivity index (χ4n) is 1.79. The molecule has 0 N–H and O–H groups in total. The van der Waals surface area contributed by atoms with Crippen molar-refractivity contribution < 1.29 is 9.63 Å². The van der Waals surface area contributed by atoms with Gasteiger partial charge in [0.2, 0.25) is 0 Å². The van der Waals surface area contributed by atoms with Gasteiger partial charge in [0, 0.05) is 16.7 Å². The zero-order chi connectivity index (χ0) is 13.7. The maximum absolute atomic E-state index is 10.7. The standard InChI is InChI=1S/C16H15NO2/c1-12-3-7-14(8-4-12)16(17-19-2)15-9-5-13(11-18)6-10-15/h3-11H,1-2H3/b17-16+. The molecule has 0 radical (unpaired) electrons. The minimum Gasteiger partial charge on any atom is -0.399 e. The second-order valence-corrected chi connectivity index (χ2v) is 4.23. The number of carbonyl (C=O) groups is 1. The van der Waals surface area contributed by atoms with Crippen LogP contribution in [0.2, 0.25) is 0 Å². The number of aryl methyl sites for hydroxylation is 1. The van der Waals surface area contributed by atoms with E-state index in [1.165, 1.54) is 12.7 Å². The van der Waals surface area contributed by atoms with Gasteiger partial charge in [0.05, 0.1) is 0 Å². The lowest BCUT2D eigenvalue weighted by molar-refractivity contribution is 0.112. The van der Waals surface area contributed by atoms with E-state index in [-0.39, 0.29) is 0 Å². The van der Waals surface area contributed by atoms with Crippen molar-refractivity contribution in [2.24, 2.45) is 5.16 Å². The largest absolute Gasteiger partial charge is 0.399 e. The van der Waals surface area contributed by atoms with Gasteiger partial charge in [-0.3, -0.25) is 4.79 Å². The summed E-state index contributed by atoms with van der Waals surface area (Å²) in [5.41, 5.74) is 4.48. The number of benzene rings is 2. The Labute approximate surface area is 112 Å². The number of hydrogen-bond donors (Lipinski definition) is 0. The van der Waals surface area contributed by atoms with Crippen molar-refractivity contribution in [3.05, 3.63) is 70.8 Å². The van der Waals surface area contributed by atoms with Crippen molar-refractivity contribution in [1.82, 2.24) is 0 Å². The molecule has 2 rings (SSSR count). The molecule has 19 heavy (non-hydrogen) atoms. The number of aldehydes is 1. The fourth-order valence-corrected chi connectivity index (χ4v) is 1.79. The predicted octanol–water partition coefficient (Wildman–Crippen LogP) is 3.21. The molecule has 96 valence electrons. The van der Waals surface area contributed by atoms with Gasteiger partial charge < -0.3 is 4.84 Å². The van der Waals surface area contributed by atoms with Crippen LogP contribution in [0, 0.1) is 6.92 Å². The molecule has 0 atom stereocenters. The summed E-state index contributed by atoms with van der Waals surface area (Å²) in [6.07, 6.45) is 0.822. The summed E-state index contributed by atoms with van der Waals surface area (Å²) in [5.74, 6) is 0. The Morgan fingerprint density at radius 1 is 1.00 bits per heavy atom. The van der Waals surface area contributed by atoms with E-state index in [0.717, 1.165) is 23.1 Å². The highest BCUT2D eigenvalue weighted by Crippen LogP contribution is 2.13. The van der Waals surface area contributed by atoms with Crippen LogP contribution in [0.4, 0.5) is 0 Å². The van der Waals surface area contributed by atoms with Crippen molar-refractivity contribution in [3.63, 3.8) is 0 Å². The minimum absolute atomic E-state index is 0.643. The van der Waals surface area contributed by atoms with Gasteiger partial charge in [-0.1, -0.05) is 59.3 Å². The lowest BCUT2D eigenvalue weighted by Crippen LogP contribution is -2.04. The molecule has 0 aromatic heterocycles. The molecule has 2 aromatic rings. The highest BCUT2D eigenvalue weighted by molar-refractivity contribution is 6.12. The summed E-state index contributed by atoms with van der Waals surface area (Å²) in [6, 6.07) is 15.3.